The molecule has 0 aromatic heterocycles. The van der Waals surface area contributed by atoms with Gasteiger partial charge in [-0.05, 0) is 56.0 Å². The van der Waals surface area contributed by atoms with Crippen molar-refractivity contribution in [2.45, 2.75) is 33.2 Å². The van der Waals surface area contributed by atoms with Gasteiger partial charge in [0.05, 0.1) is 0 Å². The molecule has 0 radical (unpaired) electrons. The fraction of sp³-hybridized carbons (Fsp3) is 0.278. The molecule has 0 bridgehead atoms. The minimum Gasteiger partial charge on any atom is -0.398 e. The van der Waals surface area contributed by atoms with Gasteiger partial charge in [-0.3, -0.25) is 4.79 Å². The smallest absolute Gasteiger partial charge is 0.251 e. The molecular formula is C18H22N2O. The predicted octanol–water partition coefficient (Wildman–Crippen LogP) is 3.25. The second kappa shape index (κ2) is 6.44. The van der Waals surface area contributed by atoms with Crippen LogP contribution in [0.25, 0.3) is 0 Å². The number of carbonyl (C=O) groups is 1. The van der Waals surface area contributed by atoms with E-state index in [0.29, 0.717) is 5.56 Å². The van der Waals surface area contributed by atoms with E-state index in [4.69, 9.17) is 5.73 Å². The third-order valence-corrected chi connectivity index (χ3v) is 3.62. The molecule has 3 nitrogen and oxygen atoms in total. The van der Waals surface area contributed by atoms with E-state index in [1.54, 1.807) is 0 Å². The molecule has 0 aliphatic carbocycles. The van der Waals surface area contributed by atoms with Crippen LogP contribution in [0.2, 0.25) is 0 Å². The van der Waals surface area contributed by atoms with Crippen LogP contribution >= 0.6 is 0 Å². The van der Waals surface area contributed by atoms with Crippen molar-refractivity contribution in [2.24, 2.45) is 0 Å². The van der Waals surface area contributed by atoms with Gasteiger partial charge in [-0.25, -0.2) is 0 Å². The molecule has 0 spiro atoms. The molecule has 2 rings (SSSR count). The first-order chi connectivity index (χ1) is 9.97. The number of nitrogens with two attached hydrogens (primary N) is 1. The molecule has 1 amide bonds. The van der Waals surface area contributed by atoms with Gasteiger partial charge in [-0.15, -0.1) is 0 Å². The van der Waals surface area contributed by atoms with Crippen molar-refractivity contribution >= 4 is 11.6 Å². The second-order valence-electron chi connectivity index (χ2n) is 5.59. The minimum absolute atomic E-state index is 0.0513. The minimum atomic E-state index is -0.0513. The SMILES string of the molecule is Cc1cc(C(=O)N[C@H](C)Cc2ccccc2)cc(C)c1N. The number of hydrogen-bond acceptors (Lipinski definition) is 2. The molecule has 2 aromatic carbocycles. The quantitative estimate of drug-likeness (QED) is 0.846. The Labute approximate surface area is 126 Å². The van der Waals surface area contributed by atoms with Gasteiger partial charge in [0.1, 0.15) is 0 Å². The maximum absolute atomic E-state index is 12.3. The Morgan fingerprint density at radius 3 is 2.29 bits per heavy atom. The summed E-state index contributed by atoms with van der Waals surface area (Å²) in [6.07, 6.45) is 0.819. The number of aryl methyl sites for hydroxylation is 2. The average Bonchev–Trinajstić information content (AvgIpc) is 2.45. The number of nitrogen functional groups attached to an aromatic ring is 1. The van der Waals surface area contributed by atoms with Crippen molar-refractivity contribution in [3.05, 3.63) is 64.7 Å². The van der Waals surface area contributed by atoms with E-state index in [0.717, 1.165) is 23.2 Å². The summed E-state index contributed by atoms with van der Waals surface area (Å²) in [4.78, 5) is 12.3. The molecule has 110 valence electrons. The third-order valence-electron chi connectivity index (χ3n) is 3.62. The van der Waals surface area contributed by atoms with Crippen LogP contribution in [0, 0.1) is 13.8 Å². The van der Waals surface area contributed by atoms with Crippen molar-refractivity contribution in [3.8, 4) is 0 Å². The highest BCUT2D eigenvalue weighted by molar-refractivity contribution is 5.95. The number of carbonyl (C=O) groups excluding carboxylic acids is 1. The summed E-state index contributed by atoms with van der Waals surface area (Å²) in [5.74, 6) is -0.0513. The lowest BCUT2D eigenvalue weighted by molar-refractivity contribution is 0.0940. The fourth-order valence-corrected chi connectivity index (χ4v) is 2.43. The number of nitrogens with one attached hydrogen (secondary N) is 1. The maximum atomic E-state index is 12.3. The van der Waals surface area contributed by atoms with Gasteiger partial charge in [-0.1, -0.05) is 30.3 Å². The zero-order valence-corrected chi connectivity index (χ0v) is 12.8. The predicted molar refractivity (Wildman–Crippen MR) is 87.4 cm³/mol. The van der Waals surface area contributed by atoms with Crippen LogP contribution in [0.4, 0.5) is 5.69 Å². The van der Waals surface area contributed by atoms with Gasteiger partial charge in [0.15, 0.2) is 0 Å². The van der Waals surface area contributed by atoms with Crippen molar-refractivity contribution in [1.29, 1.82) is 0 Å². The average molecular weight is 282 g/mol. The standard InChI is InChI=1S/C18H22N2O/c1-12-9-16(10-13(2)17(12)19)18(21)20-14(3)11-15-7-5-4-6-8-15/h4-10,14H,11,19H2,1-3H3,(H,20,21)/t14-/m1/s1. The summed E-state index contributed by atoms with van der Waals surface area (Å²) in [5.41, 5.74) is 10.4. The Balaban J connectivity index is 2.04. The van der Waals surface area contributed by atoms with Gasteiger partial charge < -0.3 is 11.1 Å². The van der Waals surface area contributed by atoms with Gasteiger partial charge in [0.25, 0.3) is 5.91 Å². The molecule has 0 saturated carbocycles. The Hall–Kier alpha value is -2.29. The largest absolute Gasteiger partial charge is 0.398 e. The highest BCUT2D eigenvalue weighted by Crippen LogP contribution is 2.18. The zero-order valence-electron chi connectivity index (χ0n) is 12.8. The Kier molecular flexibility index (Phi) is 4.63. The molecule has 1 atom stereocenters. The summed E-state index contributed by atoms with van der Waals surface area (Å²) in [6, 6.07) is 13.9. The Bertz CT molecular complexity index is 612. The Morgan fingerprint density at radius 2 is 1.71 bits per heavy atom. The monoisotopic (exact) mass is 282 g/mol. The molecule has 0 unspecified atom stereocenters. The van der Waals surface area contributed by atoms with Crippen molar-refractivity contribution in [1.82, 2.24) is 5.32 Å². The van der Waals surface area contributed by atoms with E-state index in [2.05, 4.69) is 17.4 Å². The first kappa shape index (κ1) is 15.1. The highest BCUT2D eigenvalue weighted by Gasteiger charge is 2.12. The lowest BCUT2D eigenvalue weighted by Gasteiger charge is -2.15. The van der Waals surface area contributed by atoms with E-state index >= 15 is 0 Å². The van der Waals surface area contributed by atoms with Crippen LogP contribution in [0.15, 0.2) is 42.5 Å². The number of anilines is 1. The molecule has 0 fully saturated rings. The summed E-state index contributed by atoms with van der Waals surface area (Å²) < 4.78 is 0. The van der Waals surface area contributed by atoms with Crippen LogP contribution in [-0.4, -0.2) is 11.9 Å². The van der Waals surface area contributed by atoms with Crippen LogP contribution in [0.1, 0.15) is 34.0 Å². The van der Waals surface area contributed by atoms with Crippen LogP contribution in [0.3, 0.4) is 0 Å². The molecule has 0 heterocycles. The Morgan fingerprint density at radius 1 is 1.14 bits per heavy atom. The van der Waals surface area contributed by atoms with Gasteiger partial charge in [-0.2, -0.15) is 0 Å². The van der Waals surface area contributed by atoms with E-state index in [1.165, 1.54) is 5.56 Å². The number of amides is 1. The van der Waals surface area contributed by atoms with Crippen LogP contribution in [-0.2, 0) is 6.42 Å². The van der Waals surface area contributed by atoms with Gasteiger partial charge in [0.2, 0.25) is 0 Å². The first-order valence-corrected chi connectivity index (χ1v) is 7.19. The van der Waals surface area contributed by atoms with E-state index < -0.39 is 0 Å². The fourth-order valence-electron chi connectivity index (χ4n) is 2.43. The molecule has 2 aromatic rings. The summed E-state index contributed by atoms with van der Waals surface area (Å²) >= 11 is 0. The second-order valence-corrected chi connectivity index (χ2v) is 5.59. The molecule has 0 aliphatic rings. The first-order valence-electron chi connectivity index (χ1n) is 7.19. The number of hydrogen-bond donors (Lipinski definition) is 2. The summed E-state index contributed by atoms with van der Waals surface area (Å²) in [6.45, 7) is 5.86. The normalized spacial score (nSPS) is 12.0. The lowest BCUT2D eigenvalue weighted by atomic mass is 10.0. The van der Waals surface area contributed by atoms with Crippen molar-refractivity contribution in [3.63, 3.8) is 0 Å². The number of rotatable bonds is 4. The van der Waals surface area contributed by atoms with Gasteiger partial charge in [0, 0.05) is 17.3 Å². The summed E-state index contributed by atoms with van der Waals surface area (Å²) in [7, 11) is 0. The molecule has 21 heavy (non-hydrogen) atoms. The summed E-state index contributed by atoms with van der Waals surface area (Å²) in [5, 5.41) is 3.04. The van der Waals surface area contributed by atoms with E-state index in [-0.39, 0.29) is 11.9 Å². The number of benzene rings is 2. The zero-order chi connectivity index (χ0) is 15.4. The topological polar surface area (TPSA) is 55.1 Å². The molecule has 0 saturated heterocycles. The third kappa shape index (κ3) is 3.85. The van der Waals surface area contributed by atoms with Crippen LogP contribution < -0.4 is 11.1 Å². The molecular weight excluding hydrogens is 260 g/mol. The molecule has 3 heteroatoms. The van der Waals surface area contributed by atoms with Crippen molar-refractivity contribution < 1.29 is 4.79 Å². The molecule has 0 aliphatic heterocycles. The maximum Gasteiger partial charge on any atom is 0.251 e. The van der Waals surface area contributed by atoms with Crippen molar-refractivity contribution in [2.75, 3.05) is 5.73 Å². The van der Waals surface area contributed by atoms with Crippen LogP contribution in [0.5, 0.6) is 0 Å². The van der Waals surface area contributed by atoms with E-state index in [9.17, 15) is 4.79 Å². The molecule has 3 N–H and O–H groups in total. The lowest BCUT2D eigenvalue weighted by Crippen LogP contribution is -2.34. The highest BCUT2D eigenvalue weighted by atomic mass is 16.1. The van der Waals surface area contributed by atoms with E-state index in [1.807, 2.05) is 51.1 Å². The van der Waals surface area contributed by atoms with Gasteiger partial charge >= 0.3 is 0 Å².